The second-order valence-electron chi connectivity index (χ2n) is 9.79. The van der Waals surface area contributed by atoms with Gasteiger partial charge in [-0.15, -0.1) is 12.4 Å². The van der Waals surface area contributed by atoms with Crippen molar-refractivity contribution in [2.45, 2.75) is 53.8 Å². The van der Waals surface area contributed by atoms with Gasteiger partial charge in [0, 0.05) is 28.3 Å². The molecule has 0 saturated carbocycles. The van der Waals surface area contributed by atoms with Crippen LogP contribution in [0.4, 0.5) is 0 Å². The van der Waals surface area contributed by atoms with Crippen LogP contribution < -0.4 is 15.4 Å². The summed E-state index contributed by atoms with van der Waals surface area (Å²) < 4.78 is 7.98. The third kappa shape index (κ3) is 9.16. The Bertz CT molecular complexity index is 1100. The lowest BCUT2D eigenvalue weighted by Gasteiger charge is -2.21. The third-order valence-electron chi connectivity index (χ3n) is 5.47. The van der Waals surface area contributed by atoms with Gasteiger partial charge in [-0.25, -0.2) is 0 Å². The molecular weight excluding hydrogens is 495 g/mol. The molecule has 1 heterocycles. The van der Waals surface area contributed by atoms with Crippen molar-refractivity contribution < 1.29 is 9.53 Å². The van der Waals surface area contributed by atoms with Crippen LogP contribution >= 0.6 is 24.0 Å². The van der Waals surface area contributed by atoms with Gasteiger partial charge in [0.05, 0.1) is 25.0 Å². The molecule has 36 heavy (non-hydrogen) atoms. The molecule has 6 nitrogen and oxygen atoms in total. The molecule has 2 aromatic carbocycles. The Morgan fingerprint density at radius 1 is 1.06 bits per heavy atom. The molecule has 196 valence electrons. The number of halogens is 2. The van der Waals surface area contributed by atoms with Gasteiger partial charge in [-0.2, -0.15) is 5.10 Å². The molecule has 3 aromatic rings. The highest BCUT2D eigenvalue weighted by Gasteiger charge is 2.17. The number of hydrogen-bond donors (Lipinski definition) is 2. The lowest BCUT2D eigenvalue weighted by molar-refractivity contribution is 0.0928. The van der Waals surface area contributed by atoms with Crippen molar-refractivity contribution >= 4 is 29.9 Å². The smallest absolute Gasteiger partial charge is 0.252 e. The van der Waals surface area contributed by atoms with Gasteiger partial charge in [0.15, 0.2) is 0 Å². The van der Waals surface area contributed by atoms with E-state index in [2.05, 4.69) is 44.4 Å². The van der Waals surface area contributed by atoms with Crippen molar-refractivity contribution in [3.63, 3.8) is 0 Å². The zero-order valence-electron chi connectivity index (χ0n) is 21.8. The minimum absolute atomic E-state index is 0. The highest BCUT2D eigenvalue weighted by molar-refractivity contribution is 6.30. The fraction of sp³-hybridized carbons (Fsp3) is 0.429. The summed E-state index contributed by atoms with van der Waals surface area (Å²) in [6.07, 6.45) is 0.342. The maximum atomic E-state index is 12.8. The zero-order valence-corrected chi connectivity index (χ0v) is 23.3. The first kappa shape index (κ1) is 29.7. The fourth-order valence-electron chi connectivity index (χ4n) is 3.66. The summed E-state index contributed by atoms with van der Waals surface area (Å²) in [5.74, 6) is 1.61. The van der Waals surface area contributed by atoms with Crippen LogP contribution in [-0.2, 0) is 13.0 Å². The van der Waals surface area contributed by atoms with Crippen molar-refractivity contribution in [3.8, 4) is 5.75 Å². The van der Waals surface area contributed by atoms with E-state index in [-0.39, 0.29) is 24.5 Å². The molecule has 0 aliphatic rings. The predicted octanol–water partition coefficient (Wildman–Crippen LogP) is 5.89. The number of aromatic nitrogens is 2. The molecule has 0 aliphatic carbocycles. The average molecular weight is 534 g/mol. The van der Waals surface area contributed by atoms with Crippen molar-refractivity contribution in [2.75, 3.05) is 13.2 Å². The van der Waals surface area contributed by atoms with Crippen molar-refractivity contribution in [3.05, 3.63) is 82.1 Å². The normalized spacial score (nSPS) is 11.9. The summed E-state index contributed by atoms with van der Waals surface area (Å²) in [4.78, 5) is 12.8. The predicted molar refractivity (Wildman–Crippen MR) is 149 cm³/mol. The third-order valence-corrected chi connectivity index (χ3v) is 5.71. The highest BCUT2D eigenvalue weighted by atomic mass is 35.5. The first-order valence-electron chi connectivity index (χ1n) is 12.2. The topological polar surface area (TPSA) is 68.2 Å². The second-order valence-corrected chi connectivity index (χ2v) is 10.2. The van der Waals surface area contributed by atoms with E-state index in [1.165, 1.54) is 0 Å². The Labute approximate surface area is 226 Å². The number of benzene rings is 2. The molecule has 1 unspecified atom stereocenters. The first-order chi connectivity index (χ1) is 16.7. The number of rotatable bonds is 12. The summed E-state index contributed by atoms with van der Waals surface area (Å²) in [5, 5.41) is 12.1. The number of aryl methyl sites for hydroxylation is 1. The van der Waals surface area contributed by atoms with E-state index < -0.39 is 0 Å². The molecule has 1 aromatic heterocycles. The van der Waals surface area contributed by atoms with Crippen molar-refractivity contribution in [2.24, 2.45) is 11.8 Å². The van der Waals surface area contributed by atoms with Crippen molar-refractivity contribution in [1.29, 1.82) is 0 Å². The van der Waals surface area contributed by atoms with Crippen LogP contribution in [0.1, 0.15) is 55.0 Å². The van der Waals surface area contributed by atoms with Gasteiger partial charge in [-0.1, -0.05) is 57.5 Å². The molecule has 1 atom stereocenters. The number of carbonyl (C=O) groups is 1. The number of hydrogen-bond acceptors (Lipinski definition) is 4. The molecule has 8 heteroatoms. The molecule has 0 spiro atoms. The van der Waals surface area contributed by atoms with E-state index in [4.69, 9.17) is 21.4 Å². The van der Waals surface area contributed by atoms with E-state index in [9.17, 15) is 4.79 Å². The van der Waals surface area contributed by atoms with Gasteiger partial charge < -0.3 is 10.1 Å². The van der Waals surface area contributed by atoms with Crippen LogP contribution in [0.3, 0.4) is 0 Å². The molecule has 0 saturated heterocycles. The highest BCUT2D eigenvalue weighted by Crippen LogP contribution is 2.25. The van der Waals surface area contributed by atoms with E-state index in [1.807, 2.05) is 60.1 Å². The lowest BCUT2D eigenvalue weighted by Crippen LogP contribution is -2.48. The minimum atomic E-state index is -0.232. The molecule has 0 aliphatic heterocycles. The maximum absolute atomic E-state index is 12.8. The minimum Gasteiger partial charge on any atom is -0.493 e. The Balaban J connectivity index is 0.00000456. The van der Waals surface area contributed by atoms with Gasteiger partial charge in [0.25, 0.3) is 5.91 Å². The Hall–Kier alpha value is -2.54. The van der Waals surface area contributed by atoms with Crippen LogP contribution in [0.5, 0.6) is 5.75 Å². The number of nitrogens with one attached hydrogen (secondary N) is 2. The summed E-state index contributed by atoms with van der Waals surface area (Å²) >= 11 is 6.29. The van der Waals surface area contributed by atoms with Gasteiger partial charge >= 0.3 is 0 Å². The Morgan fingerprint density at radius 2 is 1.78 bits per heavy atom. The second kappa shape index (κ2) is 14.3. The summed E-state index contributed by atoms with van der Waals surface area (Å²) in [7, 11) is 0. The van der Waals surface area contributed by atoms with E-state index in [0.717, 1.165) is 29.2 Å². The molecule has 1 amide bonds. The van der Waals surface area contributed by atoms with Crippen LogP contribution in [0, 0.1) is 18.8 Å². The number of amides is 1. The molecule has 2 N–H and O–H groups in total. The van der Waals surface area contributed by atoms with Crippen LogP contribution in [-0.4, -0.2) is 35.0 Å². The summed E-state index contributed by atoms with van der Waals surface area (Å²) in [6.45, 7) is 12.6. The van der Waals surface area contributed by atoms with Crippen molar-refractivity contribution in [1.82, 2.24) is 20.4 Å². The monoisotopic (exact) mass is 532 g/mol. The van der Waals surface area contributed by atoms with Gasteiger partial charge in [0.1, 0.15) is 5.75 Å². The lowest BCUT2D eigenvalue weighted by atomic mass is 10.1. The zero-order chi connectivity index (χ0) is 25.4. The van der Waals surface area contributed by atoms with Gasteiger partial charge in [0.2, 0.25) is 0 Å². The fourth-order valence-corrected chi connectivity index (χ4v) is 3.86. The van der Waals surface area contributed by atoms with Gasteiger partial charge in [-0.3, -0.25) is 14.8 Å². The number of carbonyl (C=O) groups excluding carboxylic acids is 1. The number of ether oxygens (including phenoxy) is 1. The molecule has 0 radical (unpaired) electrons. The van der Waals surface area contributed by atoms with E-state index in [1.54, 1.807) is 0 Å². The molecule has 0 bridgehead atoms. The largest absolute Gasteiger partial charge is 0.493 e. The number of nitrogens with zero attached hydrogens (tertiary/aromatic N) is 2. The van der Waals surface area contributed by atoms with E-state index in [0.29, 0.717) is 42.0 Å². The quantitative estimate of drug-likeness (QED) is 0.285. The molecule has 3 rings (SSSR count). The standard InChI is InChI=1S/C28H37ClN4O2.ClH/c1-19(2)16-30-27(31-28(34)22-9-7-6-8-10-22)15-25-13-21(5)33(32-25)17-23-14-24(29)11-12-26(23)35-18-20(3)4;/h6-14,19-20,27,30H,15-18H2,1-5H3,(H,31,34);1H. The van der Waals surface area contributed by atoms with Gasteiger partial charge in [-0.05, 0) is 61.7 Å². The van der Waals surface area contributed by atoms with Crippen LogP contribution in [0.15, 0.2) is 54.6 Å². The van der Waals surface area contributed by atoms with Crippen LogP contribution in [0.2, 0.25) is 5.02 Å². The molecule has 0 fully saturated rings. The maximum Gasteiger partial charge on any atom is 0.252 e. The average Bonchev–Trinajstić information content (AvgIpc) is 3.15. The molecular formula is C28H38Cl2N4O2. The van der Waals surface area contributed by atoms with Crippen LogP contribution in [0.25, 0.3) is 0 Å². The summed E-state index contributed by atoms with van der Waals surface area (Å²) in [5.41, 5.74) is 3.57. The first-order valence-corrected chi connectivity index (χ1v) is 12.6. The Kier molecular flexibility index (Phi) is 11.8. The Morgan fingerprint density at radius 3 is 2.44 bits per heavy atom. The summed E-state index contributed by atoms with van der Waals surface area (Å²) in [6, 6.07) is 17.0. The van der Waals surface area contributed by atoms with E-state index >= 15 is 0 Å². The SMILES string of the molecule is Cc1cc(CC(NCC(C)C)NC(=O)c2ccccc2)nn1Cc1cc(Cl)ccc1OCC(C)C.Cl.